The molecule has 2 unspecified atom stereocenters. The van der Waals surface area contributed by atoms with Crippen LogP contribution >= 0.6 is 0 Å². The van der Waals surface area contributed by atoms with E-state index in [2.05, 4.69) is 47.9 Å². The van der Waals surface area contributed by atoms with Gasteiger partial charge < -0.3 is 10.6 Å². The summed E-state index contributed by atoms with van der Waals surface area (Å²) in [5, 5.41) is 0. The number of aryl methyl sites for hydroxylation is 1. The lowest BCUT2D eigenvalue weighted by atomic mass is 9.83. The lowest BCUT2D eigenvalue weighted by Crippen LogP contribution is -2.62. The number of nitrogens with zero attached hydrogens (tertiary/aromatic N) is 2. The molecule has 3 nitrogen and oxygen atoms in total. The van der Waals surface area contributed by atoms with Gasteiger partial charge in [0.15, 0.2) is 0 Å². The molecule has 3 heteroatoms. The zero-order valence-corrected chi connectivity index (χ0v) is 13.5. The van der Waals surface area contributed by atoms with Crippen molar-refractivity contribution in [3.05, 3.63) is 29.8 Å². The van der Waals surface area contributed by atoms with Crippen LogP contribution in [0.5, 0.6) is 0 Å². The molecular formula is C18H29N3. The standard InChI is InChI=1S/C18H29N3/c1-3-21(16-9-5-4-8-15(16)2)18(14-19)11-13-20-12-7-6-10-17(18)20/h4-5,8-9,17H,3,6-7,10-14,19H2,1-2H3. The highest BCUT2D eigenvalue weighted by atomic mass is 15.3. The van der Waals surface area contributed by atoms with Gasteiger partial charge in [0.2, 0.25) is 0 Å². The van der Waals surface area contributed by atoms with Crippen LogP contribution in [0, 0.1) is 6.92 Å². The molecule has 1 aromatic carbocycles. The Morgan fingerprint density at radius 1 is 1.29 bits per heavy atom. The van der Waals surface area contributed by atoms with Crippen molar-refractivity contribution >= 4 is 5.69 Å². The summed E-state index contributed by atoms with van der Waals surface area (Å²) in [5.74, 6) is 0. The Morgan fingerprint density at radius 2 is 2.10 bits per heavy atom. The number of fused-ring (bicyclic) bond motifs is 1. The molecule has 1 aromatic rings. The van der Waals surface area contributed by atoms with Crippen molar-refractivity contribution in [1.82, 2.24) is 4.90 Å². The van der Waals surface area contributed by atoms with Crippen LogP contribution in [0.2, 0.25) is 0 Å². The van der Waals surface area contributed by atoms with E-state index >= 15 is 0 Å². The fourth-order valence-electron chi connectivity index (χ4n) is 4.63. The predicted octanol–water partition coefficient (Wildman–Crippen LogP) is 2.78. The first-order valence-electron chi connectivity index (χ1n) is 8.50. The second-order valence-corrected chi connectivity index (χ2v) is 6.64. The molecule has 2 aliphatic rings. The molecule has 116 valence electrons. The van der Waals surface area contributed by atoms with Crippen LogP contribution in [0.15, 0.2) is 24.3 Å². The normalized spacial score (nSPS) is 29.4. The Balaban J connectivity index is 1.99. The average molecular weight is 287 g/mol. The van der Waals surface area contributed by atoms with Gasteiger partial charge in [-0.2, -0.15) is 0 Å². The molecule has 21 heavy (non-hydrogen) atoms. The summed E-state index contributed by atoms with van der Waals surface area (Å²) in [7, 11) is 0. The van der Waals surface area contributed by atoms with Crippen molar-refractivity contribution in [2.75, 3.05) is 31.1 Å². The quantitative estimate of drug-likeness (QED) is 0.924. The number of rotatable bonds is 4. The zero-order chi connectivity index (χ0) is 14.9. The summed E-state index contributed by atoms with van der Waals surface area (Å²) < 4.78 is 0. The Bertz CT molecular complexity index is 487. The van der Waals surface area contributed by atoms with E-state index < -0.39 is 0 Å². The van der Waals surface area contributed by atoms with Crippen LogP contribution in [-0.4, -0.2) is 42.7 Å². The molecule has 0 aliphatic carbocycles. The van der Waals surface area contributed by atoms with Crippen LogP contribution in [0.25, 0.3) is 0 Å². The van der Waals surface area contributed by atoms with E-state index in [0.717, 1.165) is 13.1 Å². The summed E-state index contributed by atoms with van der Waals surface area (Å²) in [5.41, 5.74) is 9.23. The van der Waals surface area contributed by atoms with Gasteiger partial charge in [0.05, 0.1) is 5.54 Å². The van der Waals surface area contributed by atoms with Gasteiger partial charge in [-0.25, -0.2) is 0 Å². The van der Waals surface area contributed by atoms with Gasteiger partial charge in [-0.15, -0.1) is 0 Å². The number of benzene rings is 1. The monoisotopic (exact) mass is 287 g/mol. The first kappa shape index (κ1) is 14.9. The van der Waals surface area contributed by atoms with Crippen molar-refractivity contribution < 1.29 is 0 Å². The summed E-state index contributed by atoms with van der Waals surface area (Å²) in [6, 6.07) is 9.40. The summed E-state index contributed by atoms with van der Waals surface area (Å²) >= 11 is 0. The first-order valence-corrected chi connectivity index (χ1v) is 8.50. The van der Waals surface area contributed by atoms with Crippen molar-refractivity contribution in [3.8, 4) is 0 Å². The fourth-order valence-corrected chi connectivity index (χ4v) is 4.63. The molecule has 2 heterocycles. The number of hydrogen-bond acceptors (Lipinski definition) is 3. The van der Waals surface area contributed by atoms with Crippen molar-refractivity contribution in [2.45, 2.75) is 51.1 Å². The maximum atomic E-state index is 6.37. The number of para-hydroxylation sites is 1. The second kappa shape index (κ2) is 5.98. The minimum Gasteiger partial charge on any atom is -0.363 e. The van der Waals surface area contributed by atoms with E-state index in [1.54, 1.807) is 0 Å². The van der Waals surface area contributed by atoms with Crippen LogP contribution in [0.1, 0.15) is 38.2 Å². The highest BCUT2D eigenvalue weighted by molar-refractivity contribution is 5.56. The third-order valence-corrected chi connectivity index (χ3v) is 5.68. The topological polar surface area (TPSA) is 32.5 Å². The van der Waals surface area contributed by atoms with E-state index in [4.69, 9.17) is 5.73 Å². The zero-order valence-electron chi connectivity index (χ0n) is 13.5. The van der Waals surface area contributed by atoms with Gasteiger partial charge in [-0.1, -0.05) is 24.6 Å². The molecule has 2 aliphatic heterocycles. The molecule has 2 fully saturated rings. The van der Waals surface area contributed by atoms with E-state index in [-0.39, 0.29) is 5.54 Å². The highest BCUT2D eigenvalue weighted by Crippen LogP contribution is 2.41. The van der Waals surface area contributed by atoms with Crippen molar-refractivity contribution in [1.29, 1.82) is 0 Å². The Kier molecular flexibility index (Phi) is 4.23. The van der Waals surface area contributed by atoms with Crippen LogP contribution < -0.4 is 10.6 Å². The fraction of sp³-hybridized carbons (Fsp3) is 0.667. The number of hydrogen-bond donors (Lipinski definition) is 1. The minimum atomic E-state index is 0.126. The van der Waals surface area contributed by atoms with Crippen LogP contribution in [0.3, 0.4) is 0 Å². The van der Waals surface area contributed by atoms with Crippen LogP contribution in [-0.2, 0) is 0 Å². The van der Waals surface area contributed by atoms with Gasteiger partial charge in [0.25, 0.3) is 0 Å². The van der Waals surface area contributed by atoms with E-state index in [9.17, 15) is 0 Å². The molecule has 0 saturated carbocycles. The largest absolute Gasteiger partial charge is 0.363 e. The van der Waals surface area contributed by atoms with Gasteiger partial charge in [-0.3, -0.25) is 4.90 Å². The number of likely N-dealkylation sites (N-methyl/N-ethyl adjacent to an activating group) is 1. The number of piperidine rings is 1. The van der Waals surface area contributed by atoms with Gasteiger partial charge >= 0.3 is 0 Å². The SMILES string of the molecule is CCN(c1ccccc1C)C1(CN)CCN2CCCCC21. The highest BCUT2D eigenvalue weighted by Gasteiger charge is 2.50. The molecule has 0 aromatic heterocycles. The number of nitrogens with two attached hydrogens (primary N) is 1. The van der Waals surface area contributed by atoms with Gasteiger partial charge in [0.1, 0.15) is 0 Å². The maximum Gasteiger partial charge on any atom is 0.0690 e. The second-order valence-electron chi connectivity index (χ2n) is 6.64. The molecule has 3 rings (SSSR count). The lowest BCUT2D eigenvalue weighted by Gasteiger charge is -2.48. The Morgan fingerprint density at radius 3 is 2.81 bits per heavy atom. The molecule has 0 radical (unpaired) electrons. The van der Waals surface area contributed by atoms with E-state index in [1.807, 2.05) is 0 Å². The predicted molar refractivity (Wildman–Crippen MR) is 89.8 cm³/mol. The summed E-state index contributed by atoms with van der Waals surface area (Å²) in [4.78, 5) is 5.30. The smallest absolute Gasteiger partial charge is 0.0690 e. The average Bonchev–Trinajstić information content (AvgIpc) is 2.90. The first-order chi connectivity index (χ1) is 10.2. The third kappa shape index (κ3) is 2.36. The lowest BCUT2D eigenvalue weighted by molar-refractivity contribution is 0.155. The Hall–Kier alpha value is -1.06. The third-order valence-electron chi connectivity index (χ3n) is 5.68. The molecule has 2 N–H and O–H groups in total. The van der Waals surface area contributed by atoms with Crippen LogP contribution in [0.4, 0.5) is 5.69 Å². The van der Waals surface area contributed by atoms with Crippen molar-refractivity contribution in [2.24, 2.45) is 5.73 Å². The minimum absolute atomic E-state index is 0.126. The van der Waals surface area contributed by atoms with Gasteiger partial charge in [0, 0.05) is 31.4 Å². The van der Waals surface area contributed by atoms with Crippen molar-refractivity contribution in [3.63, 3.8) is 0 Å². The molecule has 0 amide bonds. The van der Waals surface area contributed by atoms with E-state index in [1.165, 1.54) is 50.0 Å². The molecule has 0 bridgehead atoms. The van der Waals surface area contributed by atoms with Gasteiger partial charge in [-0.05, 0) is 51.3 Å². The summed E-state index contributed by atoms with van der Waals surface area (Å²) in [6.45, 7) is 8.76. The number of anilines is 1. The molecule has 0 spiro atoms. The maximum absolute atomic E-state index is 6.37. The summed E-state index contributed by atoms with van der Waals surface area (Å²) in [6.07, 6.45) is 5.22. The molecular weight excluding hydrogens is 258 g/mol. The Labute approximate surface area is 129 Å². The van der Waals surface area contributed by atoms with E-state index in [0.29, 0.717) is 6.04 Å². The molecule has 2 atom stereocenters. The molecule has 2 saturated heterocycles.